The van der Waals surface area contributed by atoms with E-state index in [1.165, 1.54) is 10.3 Å². The molecule has 23 heavy (non-hydrogen) atoms. The Morgan fingerprint density at radius 3 is 2.65 bits per heavy atom. The average Bonchev–Trinajstić information content (AvgIpc) is 2.72. The first-order valence-corrected chi connectivity index (χ1v) is 9.16. The van der Waals surface area contributed by atoms with Crippen molar-refractivity contribution in [2.45, 2.75) is 43.4 Å². The molecule has 2 aliphatic rings. The Balaban J connectivity index is 1.76. The summed E-state index contributed by atoms with van der Waals surface area (Å²) in [5, 5.41) is 4.71. The van der Waals surface area contributed by atoms with Crippen LogP contribution in [0.25, 0.3) is 10.9 Å². The van der Waals surface area contributed by atoms with Crippen LogP contribution in [0.1, 0.15) is 26.6 Å². The first-order valence-electron chi connectivity index (χ1n) is 8.35. The van der Waals surface area contributed by atoms with Gasteiger partial charge in [0.2, 0.25) is 0 Å². The third-order valence-corrected chi connectivity index (χ3v) is 5.67. The molecular weight excluding hydrogens is 304 g/mol. The number of anilines is 1. The minimum absolute atomic E-state index is 0.204. The summed E-state index contributed by atoms with van der Waals surface area (Å²) in [4.78, 5) is 13.2. The Hall–Kier alpha value is -1.33. The molecule has 2 saturated heterocycles. The lowest BCUT2D eigenvalue weighted by molar-refractivity contribution is 0.297. The van der Waals surface area contributed by atoms with Gasteiger partial charge in [0.1, 0.15) is 11.6 Å². The number of benzene rings is 1. The molecule has 0 saturated carbocycles. The summed E-state index contributed by atoms with van der Waals surface area (Å²) in [7, 11) is 0. The Morgan fingerprint density at radius 2 is 2.04 bits per heavy atom. The van der Waals surface area contributed by atoms with Crippen LogP contribution in [0.2, 0.25) is 0 Å². The molecule has 5 heteroatoms. The lowest BCUT2D eigenvalue weighted by Crippen LogP contribution is -2.51. The highest BCUT2D eigenvalue weighted by atomic mass is 32.2. The maximum Gasteiger partial charge on any atom is 0.140 e. The van der Waals surface area contributed by atoms with Crippen LogP contribution in [0.5, 0.6) is 0 Å². The largest absolute Gasteiger partial charge is 0.354 e. The Labute approximate surface area is 142 Å². The molecule has 2 fully saturated rings. The van der Waals surface area contributed by atoms with Crippen molar-refractivity contribution in [1.29, 1.82) is 0 Å². The van der Waals surface area contributed by atoms with Gasteiger partial charge in [-0.15, -0.1) is 11.8 Å². The van der Waals surface area contributed by atoms with E-state index in [1.54, 1.807) is 0 Å². The number of aryl methyl sites for hydroxylation is 1. The average molecular weight is 328 g/mol. The van der Waals surface area contributed by atoms with Gasteiger partial charge >= 0.3 is 0 Å². The van der Waals surface area contributed by atoms with Gasteiger partial charge < -0.3 is 10.2 Å². The highest BCUT2D eigenvalue weighted by molar-refractivity contribution is 8.00. The molecule has 0 amide bonds. The number of nitrogens with zero attached hydrogens (tertiary/aromatic N) is 3. The van der Waals surface area contributed by atoms with Crippen LogP contribution in [0.4, 0.5) is 5.82 Å². The van der Waals surface area contributed by atoms with Crippen molar-refractivity contribution in [1.82, 2.24) is 15.3 Å². The van der Waals surface area contributed by atoms with Gasteiger partial charge in [-0.2, -0.15) is 0 Å². The quantitative estimate of drug-likeness (QED) is 0.857. The fraction of sp³-hybridized carbons (Fsp3) is 0.556. The first-order chi connectivity index (χ1) is 10.9. The fourth-order valence-corrected chi connectivity index (χ4v) is 4.51. The maximum absolute atomic E-state index is 4.80. The number of nitrogens with one attached hydrogen (secondary N) is 1. The summed E-state index contributed by atoms with van der Waals surface area (Å²) in [6.07, 6.45) is 0. The van der Waals surface area contributed by atoms with Crippen LogP contribution >= 0.6 is 11.8 Å². The number of fused-ring (bicyclic) bond motifs is 2. The number of rotatable bonds is 2. The van der Waals surface area contributed by atoms with Crippen molar-refractivity contribution >= 4 is 28.5 Å². The Morgan fingerprint density at radius 1 is 1.22 bits per heavy atom. The molecule has 2 unspecified atom stereocenters. The fourth-order valence-electron chi connectivity index (χ4n) is 3.49. The molecular formula is C18H24N4S. The van der Waals surface area contributed by atoms with Gasteiger partial charge in [-0.05, 0) is 25.1 Å². The van der Waals surface area contributed by atoms with E-state index < -0.39 is 0 Å². The van der Waals surface area contributed by atoms with E-state index in [0.717, 1.165) is 42.7 Å². The highest BCUT2D eigenvalue weighted by Crippen LogP contribution is 2.36. The summed E-state index contributed by atoms with van der Waals surface area (Å²) in [5.74, 6) is 2.75. The SMILES string of the molecule is Cc1nc(N2CC3CNC3C2)c2cc(SC(C)(C)C)ccc2n1. The number of aromatic nitrogens is 2. The molecule has 2 aromatic rings. The third-order valence-electron chi connectivity index (χ3n) is 4.57. The van der Waals surface area contributed by atoms with E-state index >= 15 is 0 Å². The van der Waals surface area contributed by atoms with Crippen LogP contribution in [-0.2, 0) is 0 Å². The molecule has 4 nitrogen and oxygen atoms in total. The van der Waals surface area contributed by atoms with Crippen LogP contribution in [0.15, 0.2) is 23.1 Å². The summed E-state index contributed by atoms with van der Waals surface area (Å²) >= 11 is 1.90. The smallest absolute Gasteiger partial charge is 0.140 e. The molecule has 0 aliphatic carbocycles. The van der Waals surface area contributed by atoms with Crippen LogP contribution in [-0.4, -0.2) is 40.4 Å². The zero-order valence-electron chi connectivity index (χ0n) is 14.3. The maximum atomic E-state index is 4.80. The predicted octanol–water partition coefficient (Wildman–Crippen LogP) is 3.24. The zero-order chi connectivity index (χ0) is 16.2. The van der Waals surface area contributed by atoms with Gasteiger partial charge in [-0.25, -0.2) is 9.97 Å². The van der Waals surface area contributed by atoms with E-state index in [-0.39, 0.29) is 4.75 Å². The number of thioether (sulfide) groups is 1. The molecule has 0 bridgehead atoms. The lowest BCUT2D eigenvalue weighted by Gasteiger charge is -2.29. The summed E-state index contributed by atoms with van der Waals surface area (Å²) in [6, 6.07) is 7.24. The van der Waals surface area contributed by atoms with Crippen molar-refractivity contribution < 1.29 is 0 Å². The monoisotopic (exact) mass is 328 g/mol. The van der Waals surface area contributed by atoms with Gasteiger partial charge in [-0.3, -0.25) is 0 Å². The second-order valence-electron chi connectivity index (χ2n) is 7.67. The molecule has 0 radical (unpaired) electrons. The highest BCUT2D eigenvalue weighted by Gasteiger charge is 2.40. The van der Waals surface area contributed by atoms with E-state index in [9.17, 15) is 0 Å². The summed E-state index contributed by atoms with van der Waals surface area (Å²) in [5.41, 5.74) is 1.05. The second-order valence-corrected chi connectivity index (χ2v) is 9.57. The van der Waals surface area contributed by atoms with E-state index in [4.69, 9.17) is 4.98 Å². The van der Waals surface area contributed by atoms with Crippen LogP contribution in [0, 0.1) is 12.8 Å². The van der Waals surface area contributed by atoms with Gasteiger partial charge in [0.25, 0.3) is 0 Å². The number of hydrogen-bond donors (Lipinski definition) is 1. The molecule has 1 aromatic heterocycles. The van der Waals surface area contributed by atoms with E-state index in [0.29, 0.717) is 6.04 Å². The molecule has 122 valence electrons. The molecule has 0 spiro atoms. The van der Waals surface area contributed by atoms with Crippen LogP contribution in [0.3, 0.4) is 0 Å². The normalized spacial score (nSPS) is 23.9. The minimum atomic E-state index is 0.204. The molecule has 2 aliphatic heterocycles. The van der Waals surface area contributed by atoms with Crippen LogP contribution < -0.4 is 10.2 Å². The first kappa shape index (κ1) is 15.2. The molecule has 1 aromatic carbocycles. The van der Waals surface area contributed by atoms with Crippen molar-refractivity contribution in [3.05, 3.63) is 24.0 Å². The van der Waals surface area contributed by atoms with E-state index in [1.807, 2.05) is 18.7 Å². The summed E-state index contributed by atoms with van der Waals surface area (Å²) in [6.45, 7) is 12.1. The van der Waals surface area contributed by atoms with Gasteiger partial charge in [-0.1, -0.05) is 20.8 Å². The molecule has 2 atom stereocenters. The van der Waals surface area contributed by atoms with Gasteiger partial charge in [0, 0.05) is 46.6 Å². The molecule has 1 N–H and O–H groups in total. The second kappa shape index (κ2) is 5.35. The number of hydrogen-bond acceptors (Lipinski definition) is 5. The standard InChI is InChI=1S/C18H24N4S/c1-11-20-15-6-5-13(23-18(2,3)4)7-14(15)17(21-11)22-9-12-8-19-16(12)10-22/h5-7,12,16,19H,8-10H2,1-4H3. The van der Waals surface area contributed by atoms with Crippen molar-refractivity contribution in [2.75, 3.05) is 24.5 Å². The lowest BCUT2D eigenvalue weighted by atomic mass is 9.96. The van der Waals surface area contributed by atoms with Crippen molar-refractivity contribution in [2.24, 2.45) is 5.92 Å². The Kier molecular flexibility index (Phi) is 3.54. The molecule has 4 rings (SSSR count). The minimum Gasteiger partial charge on any atom is -0.354 e. The van der Waals surface area contributed by atoms with Crippen molar-refractivity contribution in [3.8, 4) is 0 Å². The zero-order valence-corrected chi connectivity index (χ0v) is 15.1. The van der Waals surface area contributed by atoms with Crippen molar-refractivity contribution in [3.63, 3.8) is 0 Å². The van der Waals surface area contributed by atoms with E-state index in [2.05, 4.69) is 54.2 Å². The summed E-state index contributed by atoms with van der Waals surface area (Å²) < 4.78 is 0.204. The topological polar surface area (TPSA) is 41.1 Å². The van der Waals surface area contributed by atoms with Gasteiger partial charge in [0.15, 0.2) is 0 Å². The van der Waals surface area contributed by atoms with Gasteiger partial charge in [0.05, 0.1) is 5.52 Å². The third kappa shape index (κ3) is 2.92. The molecule has 3 heterocycles. The predicted molar refractivity (Wildman–Crippen MR) is 97.4 cm³/mol. The Bertz CT molecular complexity index is 741.